The summed E-state index contributed by atoms with van der Waals surface area (Å²) in [6.45, 7) is 0.675. The van der Waals surface area contributed by atoms with Crippen LogP contribution in [0.1, 0.15) is 32.1 Å². The van der Waals surface area contributed by atoms with Crippen LogP contribution in [0.25, 0.3) is 0 Å². The Kier molecular flexibility index (Phi) is 5.77. The standard InChI is InChI=1S/C14H23ClN2O3.ClH/c15-9-6-17(12-10(18)7-20-13(9)12)14(19)11(16)8-4-2-1-3-5-8;/h8-13,18H,1-7,16H2;1H/t9-,10-,11-,12+,13+;/m0./s1. The molecule has 2 aliphatic heterocycles. The quantitative estimate of drug-likeness (QED) is 0.733. The van der Waals surface area contributed by atoms with Crippen LogP contribution in [0.5, 0.6) is 0 Å². The summed E-state index contributed by atoms with van der Waals surface area (Å²) in [5, 5.41) is 9.76. The molecule has 122 valence electrons. The van der Waals surface area contributed by atoms with Crippen LogP contribution in [-0.2, 0) is 9.53 Å². The number of carbonyl (C=O) groups is 1. The number of amides is 1. The number of aliphatic hydroxyl groups excluding tert-OH is 1. The second-order valence-corrected chi connectivity index (χ2v) is 6.85. The monoisotopic (exact) mass is 338 g/mol. The van der Waals surface area contributed by atoms with Crippen molar-refractivity contribution in [1.29, 1.82) is 0 Å². The molecule has 5 atom stereocenters. The van der Waals surface area contributed by atoms with Gasteiger partial charge in [0.1, 0.15) is 6.10 Å². The van der Waals surface area contributed by atoms with Gasteiger partial charge in [0.05, 0.1) is 30.2 Å². The number of hydrogen-bond donors (Lipinski definition) is 2. The van der Waals surface area contributed by atoms with E-state index in [2.05, 4.69) is 0 Å². The lowest BCUT2D eigenvalue weighted by molar-refractivity contribution is -0.136. The van der Waals surface area contributed by atoms with E-state index < -0.39 is 12.1 Å². The Labute approximate surface area is 136 Å². The molecule has 0 aromatic carbocycles. The first-order chi connectivity index (χ1) is 9.59. The minimum Gasteiger partial charge on any atom is -0.388 e. The number of fused-ring (bicyclic) bond motifs is 1. The molecule has 1 saturated carbocycles. The lowest BCUT2D eigenvalue weighted by Crippen LogP contribution is -2.53. The molecule has 7 heteroatoms. The van der Waals surface area contributed by atoms with Crippen molar-refractivity contribution >= 4 is 29.9 Å². The third-order valence-corrected chi connectivity index (χ3v) is 5.39. The van der Waals surface area contributed by atoms with Crippen molar-refractivity contribution < 1.29 is 14.6 Å². The number of nitrogens with zero attached hydrogens (tertiary/aromatic N) is 1. The molecule has 0 aromatic rings. The Hall–Kier alpha value is -0.0700. The zero-order chi connectivity index (χ0) is 14.3. The molecule has 0 spiro atoms. The first-order valence-corrected chi connectivity index (χ1v) is 8.03. The summed E-state index contributed by atoms with van der Waals surface area (Å²) in [4.78, 5) is 14.3. The van der Waals surface area contributed by atoms with Crippen LogP contribution in [0.2, 0.25) is 0 Å². The minimum absolute atomic E-state index is 0. The first kappa shape index (κ1) is 17.3. The van der Waals surface area contributed by atoms with Crippen molar-refractivity contribution in [2.75, 3.05) is 13.2 Å². The number of hydrogen-bond acceptors (Lipinski definition) is 4. The van der Waals surface area contributed by atoms with Crippen molar-refractivity contribution in [3.63, 3.8) is 0 Å². The molecule has 2 saturated heterocycles. The Balaban J connectivity index is 0.00000161. The molecule has 0 radical (unpaired) electrons. The van der Waals surface area contributed by atoms with Crippen LogP contribution in [0.4, 0.5) is 0 Å². The maximum Gasteiger partial charge on any atom is 0.240 e. The summed E-state index contributed by atoms with van der Waals surface area (Å²) in [5.74, 6) is 0.197. The van der Waals surface area contributed by atoms with Crippen LogP contribution in [0.15, 0.2) is 0 Å². The second-order valence-electron chi connectivity index (χ2n) is 6.29. The van der Waals surface area contributed by atoms with Gasteiger partial charge in [0.15, 0.2) is 0 Å². The highest BCUT2D eigenvalue weighted by molar-refractivity contribution is 6.21. The zero-order valence-electron chi connectivity index (χ0n) is 12.0. The number of aliphatic hydroxyl groups is 1. The summed E-state index contributed by atoms with van der Waals surface area (Å²) >= 11 is 6.24. The van der Waals surface area contributed by atoms with E-state index in [1.807, 2.05) is 0 Å². The molecule has 3 rings (SSSR count). The smallest absolute Gasteiger partial charge is 0.240 e. The average Bonchev–Trinajstić information content (AvgIpc) is 3.00. The number of rotatable bonds is 2. The van der Waals surface area contributed by atoms with Crippen LogP contribution in [0, 0.1) is 5.92 Å². The van der Waals surface area contributed by atoms with Gasteiger partial charge in [-0.2, -0.15) is 0 Å². The number of likely N-dealkylation sites (tertiary alicyclic amines) is 1. The van der Waals surface area contributed by atoms with Crippen LogP contribution >= 0.6 is 24.0 Å². The topological polar surface area (TPSA) is 75.8 Å². The average molecular weight is 339 g/mol. The number of carbonyl (C=O) groups excluding carboxylic acids is 1. The third-order valence-electron chi connectivity index (χ3n) is 5.00. The zero-order valence-corrected chi connectivity index (χ0v) is 13.6. The van der Waals surface area contributed by atoms with Gasteiger partial charge < -0.3 is 20.5 Å². The number of nitrogens with two attached hydrogens (primary N) is 1. The summed E-state index contributed by atoms with van der Waals surface area (Å²) in [5.41, 5.74) is 6.19. The summed E-state index contributed by atoms with van der Waals surface area (Å²) in [7, 11) is 0. The van der Waals surface area contributed by atoms with E-state index in [-0.39, 0.29) is 48.4 Å². The Morgan fingerprint density at radius 3 is 2.67 bits per heavy atom. The van der Waals surface area contributed by atoms with Gasteiger partial charge in [-0.1, -0.05) is 19.3 Å². The lowest BCUT2D eigenvalue weighted by Gasteiger charge is -2.32. The van der Waals surface area contributed by atoms with Crippen LogP contribution < -0.4 is 5.73 Å². The molecule has 0 aromatic heterocycles. The van der Waals surface area contributed by atoms with Gasteiger partial charge in [0, 0.05) is 6.54 Å². The first-order valence-electron chi connectivity index (χ1n) is 7.59. The normalized spacial score (nSPS) is 38.0. The van der Waals surface area contributed by atoms with E-state index >= 15 is 0 Å². The maximum atomic E-state index is 12.7. The largest absolute Gasteiger partial charge is 0.388 e. The summed E-state index contributed by atoms with van der Waals surface area (Å²) < 4.78 is 5.49. The fourth-order valence-corrected chi connectivity index (χ4v) is 4.24. The maximum absolute atomic E-state index is 12.7. The van der Waals surface area contributed by atoms with Gasteiger partial charge in [-0.25, -0.2) is 0 Å². The predicted octanol–water partition coefficient (Wildman–Crippen LogP) is 0.894. The molecule has 1 amide bonds. The third kappa shape index (κ3) is 3.17. The second kappa shape index (κ2) is 7.01. The fraction of sp³-hybridized carbons (Fsp3) is 0.929. The molecular weight excluding hydrogens is 315 g/mol. The van der Waals surface area contributed by atoms with E-state index in [1.165, 1.54) is 6.42 Å². The van der Waals surface area contributed by atoms with Crippen molar-refractivity contribution in [2.45, 2.75) is 61.8 Å². The van der Waals surface area contributed by atoms with Gasteiger partial charge >= 0.3 is 0 Å². The molecule has 21 heavy (non-hydrogen) atoms. The van der Waals surface area contributed by atoms with Gasteiger partial charge in [0.25, 0.3) is 0 Å². The van der Waals surface area contributed by atoms with E-state index in [1.54, 1.807) is 4.90 Å². The van der Waals surface area contributed by atoms with E-state index in [4.69, 9.17) is 22.1 Å². The van der Waals surface area contributed by atoms with E-state index in [0.29, 0.717) is 6.54 Å². The van der Waals surface area contributed by atoms with Crippen LogP contribution in [0.3, 0.4) is 0 Å². The van der Waals surface area contributed by atoms with Crippen LogP contribution in [-0.4, -0.2) is 58.7 Å². The molecule has 3 N–H and O–H groups in total. The Bertz CT molecular complexity index is 379. The highest BCUT2D eigenvalue weighted by Crippen LogP contribution is 2.34. The lowest BCUT2D eigenvalue weighted by atomic mass is 9.83. The molecule has 2 heterocycles. The summed E-state index contributed by atoms with van der Waals surface area (Å²) in [6.07, 6.45) is 4.70. The molecule has 5 nitrogen and oxygen atoms in total. The number of ether oxygens (including phenoxy) is 1. The molecule has 0 bridgehead atoms. The molecule has 0 unspecified atom stereocenters. The van der Waals surface area contributed by atoms with Gasteiger partial charge in [-0.05, 0) is 18.8 Å². The highest BCUT2D eigenvalue weighted by Gasteiger charge is 2.52. The molecular formula is C14H24Cl2N2O3. The Morgan fingerprint density at radius 1 is 1.33 bits per heavy atom. The molecule has 1 aliphatic carbocycles. The predicted molar refractivity (Wildman–Crippen MR) is 82.7 cm³/mol. The van der Waals surface area contributed by atoms with Gasteiger partial charge in [0.2, 0.25) is 5.91 Å². The van der Waals surface area contributed by atoms with Gasteiger partial charge in [-0.3, -0.25) is 4.79 Å². The minimum atomic E-state index is -0.647. The van der Waals surface area contributed by atoms with Gasteiger partial charge in [-0.15, -0.1) is 24.0 Å². The number of halogens is 2. The molecule has 3 aliphatic rings. The van der Waals surface area contributed by atoms with E-state index in [0.717, 1.165) is 25.7 Å². The fourth-order valence-electron chi connectivity index (χ4n) is 3.87. The van der Waals surface area contributed by atoms with Crippen molar-refractivity contribution in [1.82, 2.24) is 4.90 Å². The molecule has 3 fully saturated rings. The Morgan fingerprint density at radius 2 is 2.00 bits per heavy atom. The van der Waals surface area contributed by atoms with Crippen molar-refractivity contribution in [3.05, 3.63) is 0 Å². The highest BCUT2D eigenvalue weighted by atomic mass is 35.5. The SMILES string of the molecule is Cl.N[C@H](C(=O)N1C[C@H](Cl)[C@H]2OC[C@H](O)[C@H]21)C1CCCCC1. The summed E-state index contributed by atoms with van der Waals surface area (Å²) in [6, 6.07) is -0.787. The van der Waals surface area contributed by atoms with Crippen molar-refractivity contribution in [3.8, 4) is 0 Å². The number of alkyl halides is 1. The van der Waals surface area contributed by atoms with Crippen molar-refractivity contribution in [2.24, 2.45) is 11.7 Å². The van der Waals surface area contributed by atoms with E-state index in [9.17, 15) is 9.90 Å².